The molecule has 106 valence electrons. The van der Waals surface area contributed by atoms with Gasteiger partial charge in [0.2, 0.25) is 0 Å². The van der Waals surface area contributed by atoms with Gasteiger partial charge in [-0.1, -0.05) is 6.92 Å². The minimum absolute atomic E-state index is 0.00324. The lowest BCUT2D eigenvalue weighted by Gasteiger charge is -2.28. The van der Waals surface area contributed by atoms with Crippen LogP contribution in [0.15, 0.2) is 18.3 Å². The van der Waals surface area contributed by atoms with Crippen LogP contribution in [0.3, 0.4) is 0 Å². The number of methoxy groups -OCH3 is 1. The number of hydrogen-bond donors (Lipinski definition) is 1. The van der Waals surface area contributed by atoms with Crippen LogP contribution >= 0.6 is 0 Å². The second kappa shape index (κ2) is 7.86. The summed E-state index contributed by atoms with van der Waals surface area (Å²) >= 11 is 0. The zero-order chi connectivity index (χ0) is 14.3. The molecule has 19 heavy (non-hydrogen) atoms. The first-order valence-electron chi connectivity index (χ1n) is 6.58. The molecule has 0 aliphatic heterocycles. The predicted molar refractivity (Wildman–Crippen MR) is 74.8 cm³/mol. The fourth-order valence-corrected chi connectivity index (χ4v) is 1.82. The van der Waals surface area contributed by atoms with Crippen molar-refractivity contribution in [3.8, 4) is 0 Å². The van der Waals surface area contributed by atoms with Crippen LogP contribution in [0.4, 0.5) is 0 Å². The van der Waals surface area contributed by atoms with E-state index >= 15 is 0 Å². The molecule has 1 amide bonds. The summed E-state index contributed by atoms with van der Waals surface area (Å²) in [5.41, 5.74) is 6.91. The molecule has 2 N–H and O–H groups in total. The van der Waals surface area contributed by atoms with Gasteiger partial charge in [0, 0.05) is 38.0 Å². The first-order chi connectivity index (χ1) is 9.13. The van der Waals surface area contributed by atoms with Crippen LogP contribution < -0.4 is 5.73 Å². The third-order valence-corrected chi connectivity index (χ3v) is 3.19. The third kappa shape index (κ3) is 4.29. The van der Waals surface area contributed by atoms with Gasteiger partial charge in [-0.3, -0.25) is 9.78 Å². The van der Waals surface area contributed by atoms with Crippen LogP contribution in [0, 0.1) is 0 Å². The third-order valence-electron chi connectivity index (χ3n) is 3.19. The molecule has 1 unspecified atom stereocenters. The molecule has 0 aliphatic rings. The van der Waals surface area contributed by atoms with Crippen molar-refractivity contribution in [2.75, 3.05) is 20.3 Å². The van der Waals surface area contributed by atoms with Crippen LogP contribution in [-0.2, 0) is 11.3 Å². The molecule has 0 fully saturated rings. The molecule has 0 aromatic carbocycles. The number of carbonyl (C=O) groups is 1. The lowest BCUT2D eigenvalue weighted by atomic mass is 10.1. The van der Waals surface area contributed by atoms with Gasteiger partial charge in [0.15, 0.2) is 0 Å². The van der Waals surface area contributed by atoms with E-state index in [1.165, 1.54) is 0 Å². The molecule has 1 rings (SSSR count). The zero-order valence-electron chi connectivity index (χ0n) is 11.9. The number of aromatic nitrogens is 1. The molecule has 1 aromatic heterocycles. The summed E-state index contributed by atoms with van der Waals surface area (Å²) < 4.78 is 5.07. The molecule has 5 heteroatoms. The summed E-state index contributed by atoms with van der Waals surface area (Å²) in [7, 11) is 1.64. The highest BCUT2D eigenvalue weighted by molar-refractivity contribution is 5.94. The smallest absolute Gasteiger partial charge is 0.254 e. The van der Waals surface area contributed by atoms with Crippen molar-refractivity contribution in [3.05, 3.63) is 29.6 Å². The van der Waals surface area contributed by atoms with E-state index in [1.807, 2.05) is 11.8 Å². The van der Waals surface area contributed by atoms with Crippen LogP contribution in [0.25, 0.3) is 0 Å². The number of nitrogens with two attached hydrogens (primary N) is 1. The second-order valence-electron chi connectivity index (χ2n) is 4.49. The summed E-state index contributed by atoms with van der Waals surface area (Å²) in [4.78, 5) is 18.5. The summed E-state index contributed by atoms with van der Waals surface area (Å²) in [6, 6.07) is 3.66. The van der Waals surface area contributed by atoms with Crippen molar-refractivity contribution < 1.29 is 9.53 Å². The molecule has 1 aromatic rings. The Balaban J connectivity index is 2.90. The monoisotopic (exact) mass is 265 g/mol. The number of ether oxygens (including phenoxy) is 1. The van der Waals surface area contributed by atoms with Gasteiger partial charge >= 0.3 is 0 Å². The Labute approximate surface area is 114 Å². The van der Waals surface area contributed by atoms with E-state index in [0.29, 0.717) is 25.3 Å². The number of amides is 1. The number of nitrogens with zero attached hydrogens (tertiary/aromatic N) is 2. The van der Waals surface area contributed by atoms with Gasteiger partial charge in [-0.2, -0.15) is 0 Å². The highest BCUT2D eigenvalue weighted by Gasteiger charge is 2.20. The SMILES string of the molecule is CCC(C)N(CCOC)C(=O)c1ccnc(CN)c1. The Kier molecular flexibility index (Phi) is 6.45. The molecule has 0 spiro atoms. The number of carbonyl (C=O) groups excluding carboxylic acids is 1. The Bertz CT molecular complexity index is 409. The standard InChI is InChI=1S/C14H23N3O2/c1-4-11(2)17(7-8-19-3)14(18)12-5-6-16-13(9-12)10-15/h5-6,9,11H,4,7-8,10,15H2,1-3H3. The molecular weight excluding hydrogens is 242 g/mol. The molecule has 0 radical (unpaired) electrons. The van der Waals surface area contributed by atoms with Crippen molar-refractivity contribution in [1.82, 2.24) is 9.88 Å². The van der Waals surface area contributed by atoms with E-state index in [-0.39, 0.29) is 11.9 Å². The minimum atomic E-state index is 0.00324. The minimum Gasteiger partial charge on any atom is -0.383 e. The molecule has 0 aliphatic carbocycles. The first-order valence-corrected chi connectivity index (χ1v) is 6.58. The molecule has 1 atom stereocenters. The maximum atomic E-state index is 12.5. The largest absolute Gasteiger partial charge is 0.383 e. The van der Waals surface area contributed by atoms with Crippen molar-refractivity contribution >= 4 is 5.91 Å². The van der Waals surface area contributed by atoms with E-state index in [1.54, 1.807) is 25.4 Å². The number of hydrogen-bond acceptors (Lipinski definition) is 4. The topological polar surface area (TPSA) is 68.5 Å². The number of pyridine rings is 1. The van der Waals surface area contributed by atoms with Gasteiger partial charge in [-0.25, -0.2) is 0 Å². The average molecular weight is 265 g/mol. The van der Waals surface area contributed by atoms with Gasteiger partial charge in [0.1, 0.15) is 0 Å². The van der Waals surface area contributed by atoms with Crippen LogP contribution in [-0.4, -0.2) is 42.1 Å². The Morgan fingerprint density at radius 2 is 2.32 bits per heavy atom. The number of rotatable bonds is 7. The van der Waals surface area contributed by atoms with E-state index in [9.17, 15) is 4.79 Å². The molecule has 0 saturated heterocycles. The van der Waals surface area contributed by atoms with Crippen LogP contribution in [0.1, 0.15) is 36.3 Å². The summed E-state index contributed by atoms with van der Waals surface area (Å²) in [5.74, 6) is 0.00324. The predicted octanol–water partition coefficient (Wildman–Crippen LogP) is 1.43. The van der Waals surface area contributed by atoms with Gasteiger partial charge in [0.25, 0.3) is 5.91 Å². The van der Waals surface area contributed by atoms with E-state index in [0.717, 1.165) is 12.1 Å². The fraction of sp³-hybridized carbons (Fsp3) is 0.571. The second-order valence-corrected chi connectivity index (χ2v) is 4.49. The van der Waals surface area contributed by atoms with Gasteiger partial charge in [0.05, 0.1) is 12.3 Å². The molecule has 0 saturated carbocycles. The van der Waals surface area contributed by atoms with Crippen LogP contribution in [0.5, 0.6) is 0 Å². The maximum Gasteiger partial charge on any atom is 0.254 e. The Hall–Kier alpha value is -1.46. The van der Waals surface area contributed by atoms with E-state index in [2.05, 4.69) is 11.9 Å². The highest BCUT2D eigenvalue weighted by Crippen LogP contribution is 2.11. The summed E-state index contributed by atoms with van der Waals surface area (Å²) in [6.07, 6.45) is 2.53. The Morgan fingerprint density at radius 3 is 2.89 bits per heavy atom. The van der Waals surface area contributed by atoms with Gasteiger partial charge in [-0.05, 0) is 25.5 Å². The van der Waals surface area contributed by atoms with E-state index in [4.69, 9.17) is 10.5 Å². The molecule has 0 bridgehead atoms. The quantitative estimate of drug-likeness (QED) is 0.809. The van der Waals surface area contributed by atoms with Crippen molar-refractivity contribution in [3.63, 3.8) is 0 Å². The molecule has 1 heterocycles. The Morgan fingerprint density at radius 1 is 1.58 bits per heavy atom. The normalized spacial score (nSPS) is 12.2. The van der Waals surface area contributed by atoms with Crippen molar-refractivity contribution in [2.24, 2.45) is 5.73 Å². The van der Waals surface area contributed by atoms with E-state index < -0.39 is 0 Å². The van der Waals surface area contributed by atoms with Gasteiger partial charge in [-0.15, -0.1) is 0 Å². The lowest BCUT2D eigenvalue weighted by molar-refractivity contribution is 0.0613. The van der Waals surface area contributed by atoms with Crippen LogP contribution in [0.2, 0.25) is 0 Å². The maximum absolute atomic E-state index is 12.5. The van der Waals surface area contributed by atoms with Gasteiger partial charge < -0.3 is 15.4 Å². The average Bonchev–Trinajstić information content (AvgIpc) is 2.47. The zero-order valence-corrected chi connectivity index (χ0v) is 11.9. The highest BCUT2D eigenvalue weighted by atomic mass is 16.5. The van der Waals surface area contributed by atoms with Crippen molar-refractivity contribution in [2.45, 2.75) is 32.9 Å². The molecular formula is C14H23N3O2. The summed E-state index contributed by atoms with van der Waals surface area (Å²) in [6.45, 7) is 5.56. The fourth-order valence-electron chi connectivity index (χ4n) is 1.82. The lowest BCUT2D eigenvalue weighted by Crippen LogP contribution is -2.40. The van der Waals surface area contributed by atoms with Crippen molar-refractivity contribution in [1.29, 1.82) is 0 Å². The first kappa shape index (κ1) is 15.6. The summed E-state index contributed by atoms with van der Waals surface area (Å²) in [5, 5.41) is 0. The molecule has 5 nitrogen and oxygen atoms in total.